The van der Waals surface area contributed by atoms with Crippen LogP contribution in [0.3, 0.4) is 0 Å². The van der Waals surface area contributed by atoms with E-state index in [-0.39, 0.29) is 0 Å². The third-order valence-corrected chi connectivity index (χ3v) is 4.37. The van der Waals surface area contributed by atoms with E-state index in [2.05, 4.69) is 45.7 Å². The molecule has 0 bridgehead atoms. The van der Waals surface area contributed by atoms with Crippen molar-refractivity contribution < 1.29 is 0 Å². The lowest BCUT2D eigenvalue weighted by atomic mass is 9.94. The highest BCUT2D eigenvalue weighted by atomic mass is 15.2. The molecule has 0 radical (unpaired) electrons. The van der Waals surface area contributed by atoms with Crippen molar-refractivity contribution >= 4 is 0 Å². The molecule has 22 heavy (non-hydrogen) atoms. The Balaban J connectivity index is 1.76. The molecule has 0 unspecified atom stereocenters. The summed E-state index contributed by atoms with van der Waals surface area (Å²) in [5.74, 6) is 0. The Labute approximate surface area is 132 Å². The molecule has 1 fully saturated rings. The monoisotopic (exact) mass is 293 g/mol. The zero-order chi connectivity index (χ0) is 15.2. The molecular formula is C19H23N3. The van der Waals surface area contributed by atoms with Gasteiger partial charge in [-0.3, -0.25) is 14.9 Å². The smallest absolute Gasteiger partial charge is 0.0885 e. The molecule has 1 aromatic carbocycles. The first-order valence-corrected chi connectivity index (χ1v) is 8.07. The molecule has 1 aromatic heterocycles. The van der Waals surface area contributed by atoms with Gasteiger partial charge in [0.05, 0.1) is 11.9 Å². The van der Waals surface area contributed by atoms with Crippen LogP contribution in [-0.4, -0.2) is 34.0 Å². The van der Waals surface area contributed by atoms with Crippen LogP contribution in [0.1, 0.15) is 24.8 Å². The van der Waals surface area contributed by atoms with E-state index in [0.29, 0.717) is 6.04 Å². The first-order chi connectivity index (χ1) is 10.9. The van der Waals surface area contributed by atoms with Gasteiger partial charge < -0.3 is 0 Å². The summed E-state index contributed by atoms with van der Waals surface area (Å²) in [7, 11) is 0. The predicted octanol–water partition coefficient (Wildman–Crippen LogP) is 3.73. The summed E-state index contributed by atoms with van der Waals surface area (Å²) >= 11 is 0. The van der Waals surface area contributed by atoms with Crippen molar-refractivity contribution in [3.63, 3.8) is 0 Å². The van der Waals surface area contributed by atoms with Gasteiger partial charge in [0, 0.05) is 30.5 Å². The van der Waals surface area contributed by atoms with Crippen molar-refractivity contribution in [3.05, 3.63) is 61.1 Å². The van der Waals surface area contributed by atoms with Gasteiger partial charge in [0.1, 0.15) is 0 Å². The van der Waals surface area contributed by atoms with E-state index in [1.54, 1.807) is 12.4 Å². The summed E-state index contributed by atoms with van der Waals surface area (Å²) in [6.07, 6.45) is 12.3. The third kappa shape index (κ3) is 3.60. The highest BCUT2D eigenvalue weighted by molar-refractivity contribution is 5.58. The molecule has 2 aromatic rings. The quantitative estimate of drug-likeness (QED) is 0.787. The van der Waals surface area contributed by atoms with Gasteiger partial charge in [-0.25, -0.2) is 0 Å². The van der Waals surface area contributed by atoms with Gasteiger partial charge in [-0.05, 0) is 37.4 Å². The van der Waals surface area contributed by atoms with E-state index < -0.39 is 0 Å². The standard InChI is InChI=1S/C19H23N3/c1-2-11-22-12-4-3-8-18(22)14-16-6-5-7-17(13-16)19-15-20-9-10-21-19/h2,5-7,9-10,13,15,18H,1,3-4,8,11-12,14H2/t18-/m0/s1. The molecule has 1 atom stereocenters. The van der Waals surface area contributed by atoms with Gasteiger partial charge in [0.25, 0.3) is 0 Å². The van der Waals surface area contributed by atoms with Crippen LogP contribution in [0.4, 0.5) is 0 Å². The molecule has 0 N–H and O–H groups in total. The van der Waals surface area contributed by atoms with E-state index in [4.69, 9.17) is 0 Å². The van der Waals surface area contributed by atoms with Gasteiger partial charge in [0.15, 0.2) is 0 Å². The number of nitrogens with zero attached hydrogens (tertiary/aromatic N) is 3. The van der Waals surface area contributed by atoms with Gasteiger partial charge in [-0.15, -0.1) is 6.58 Å². The van der Waals surface area contributed by atoms with Crippen LogP contribution in [0.15, 0.2) is 55.5 Å². The Morgan fingerprint density at radius 3 is 3.05 bits per heavy atom. The average Bonchev–Trinajstić information content (AvgIpc) is 2.58. The molecule has 3 heteroatoms. The highest BCUT2D eigenvalue weighted by Crippen LogP contribution is 2.23. The average molecular weight is 293 g/mol. The fourth-order valence-corrected chi connectivity index (χ4v) is 3.28. The highest BCUT2D eigenvalue weighted by Gasteiger charge is 2.21. The molecule has 2 heterocycles. The largest absolute Gasteiger partial charge is 0.296 e. The molecule has 0 saturated carbocycles. The van der Waals surface area contributed by atoms with Crippen LogP contribution in [0, 0.1) is 0 Å². The minimum absolute atomic E-state index is 0.629. The SMILES string of the molecule is C=CCN1CCCC[C@H]1Cc1cccc(-c2cnccn2)c1. The number of rotatable bonds is 5. The number of hydrogen-bond acceptors (Lipinski definition) is 3. The van der Waals surface area contributed by atoms with Crippen LogP contribution < -0.4 is 0 Å². The molecule has 1 aliphatic heterocycles. The van der Waals surface area contributed by atoms with Gasteiger partial charge in [0.2, 0.25) is 0 Å². The Bertz CT molecular complexity index is 609. The van der Waals surface area contributed by atoms with E-state index in [1.165, 1.54) is 31.4 Å². The first-order valence-electron chi connectivity index (χ1n) is 8.07. The summed E-state index contributed by atoms with van der Waals surface area (Å²) < 4.78 is 0. The molecule has 0 spiro atoms. The lowest BCUT2D eigenvalue weighted by molar-refractivity contribution is 0.164. The van der Waals surface area contributed by atoms with Crippen LogP contribution in [0.2, 0.25) is 0 Å². The maximum absolute atomic E-state index is 4.40. The fourth-order valence-electron chi connectivity index (χ4n) is 3.28. The third-order valence-electron chi connectivity index (χ3n) is 4.37. The fraction of sp³-hybridized carbons (Fsp3) is 0.368. The minimum Gasteiger partial charge on any atom is -0.296 e. The number of aromatic nitrogens is 2. The van der Waals surface area contributed by atoms with Crippen LogP contribution in [-0.2, 0) is 6.42 Å². The van der Waals surface area contributed by atoms with Crippen molar-refractivity contribution in [1.82, 2.24) is 14.9 Å². The summed E-state index contributed by atoms with van der Waals surface area (Å²) in [6, 6.07) is 9.34. The van der Waals surface area contributed by atoms with Gasteiger partial charge >= 0.3 is 0 Å². The maximum atomic E-state index is 4.40. The van der Waals surface area contributed by atoms with E-state index in [1.807, 2.05) is 12.3 Å². The van der Waals surface area contributed by atoms with E-state index in [0.717, 1.165) is 24.2 Å². The van der Waals surface area contributed by atoms with Crippen LogP contribution in [0.5, 0.6) is 0 Å². The van der Waals surface area contributed by atoms with E-state index in [9.17, 15) is 0 Å². The lowest BCUT2D eigenvalue weighted by Crippen LogP contribution is -2.40. The number of piperidine rings is 1. The van der Waals surface area contributed by atoms with Crippen LogP contribution >= 0.6 is 0 Å². The normalized spacial score (nSPS) is 19.0. The molecular weight excluding hydrogens is 270 g/mol. The van der Waals surface area contributed by atoms with Crippen molar-refractivity contribution in [1.29, 1.82) is 0 Å². The zero-order valence-corrected chi connectivity index (χ0v) is 13.0. The number of hydrogen-bond donors (Lipinski definition) is 0. The molecule has 1 aliphatic rings. The minimum atomic E-state index is 0.629. The molecule has 0 aliphatic carbocycles. The second-order valence-electron chi connectivity index (χ2n) is 5.93. The summed E-state index contributed by atoms with van der Waals surface area (Å²) in [6.45, 7) is 6.08. The second-order valence-corrected chi connectivity index (χ2v) is 5.93. The van der Waals surface area contributed by atoms with Gasteiger partial charge in [-0.1, -0.05) is 30.7 Å². The van der Waals surface area contributed by atoms with Crippen LogP contribution in [0.25, 0.3) is 11.3 Å². The second kappa shape index (κ2) is 7.32. The Morgan fingerprint density at radius 1 is 1.27 bits per heavy atom. The molecule has 1 saturated heterocycles. The number of likely N-dealkylation sites (tertiary alicyclic amines) is 1. The summed E-state index contributed by atoms with van der Waals surface area (Å²) in [5, 5.41) is 0. The van der Waals surface area contributed by atoms with Crippen molar-refractivity contribution in [2.75, 3.05) is 13.1 Å². The summed E-state index contributed by atoms with van der Waals surface area (Å²) in [5.41, 5.74) is 3.47. The van der Waals surface area contributed by atoms with Crippen molar-refractivity contribution in [3.8, 4) is 11.3 Å². The van der Waals surface area contributed by atoms with Crippen molar-refractivity contribution in [2.45, 2.75) is 31.7 Å². The number of benzene rings is 1. The molecule has 114 valence electrons. The Hall–Kier alpha value is -2.00. The maximum Gasteiger partial charge on any atom is 0.0885 e. The van der Waals surface area contributed by atoms with E-state index >= 15 is 0 Å². The topological polar surface area (TPSA) is 29.0 Å². The predicted molar refractivity (Wildman–Crippen MR) is 90.6 cm³/mol. The van der Waals surface area contributed by atoms with Gasteiger partial charge in [-0.2, -0.15) is 0 Å². The molecule has 0 amide bonds. The van der Waals surface area contributed by atoms with Crippen molar-refractivity contribution in [2.24, 2.45) is 0 Å². The Kier molecular flexibility index (Phi) is 4.96. The molecule has 3 nitrogen and oxygen atoms in total. The molecule has 3 rings (SSSR count). The zero-order valence-electron chi connectivity index (χ0n) is 13.0. The lowest BCUT2D eigenvalue weighted by Gasteiger charge is -2.35. The first kappa shape index (κ1) is 14.9. The summed E-state index contributed by atoms with van der Waals surface area (Å²) in [4.78, 5) is 11.1. The Morgan fingerprint density at radius 2 is 2.23 bits per heavy atom.